The first kappa shape index (κ1) is 10.7. The Kier molecular flexibility index (Phi) is 3.66. The molecular weight excluding hydrogens is 199 g/mol. The summed E-state index contributed by atoms with van der Waals surface area (Å²) in [4.78, 5) is 0. The summed E-state index contributed by atoms with van der Waals surface area (Å²) in [6.07, 6.45) is 2.57. The number of hydrogen-bond donors (Lipinski definition) is 0. The van der Waals surface area contributed by atoms with Gasteiger partial charge in [0.1, 0.15) is 5.83 Å². The minimum absolute atomic E-state index is 0.366. The van der Waals surface area contributed by atoms with Crippen molar-refractivity contribution in [3.05, 3.63) is 66.0 Å². The highest BCUT2D eigenvalue weighted by Gasteiger charge is 2.06. The first-order valence-corrected chi connectivity index (χ1v) is 4.48. The highest BCUT2D eigenvalue weighted by atomic mass is 35.5. The van der Waals surface area contributed by atoms with Crippen LogP contribution in [0, 0.1) is 0 Å². The molecule has 0 nitrogen and oxygen atoms in total. The lowest BCUT2D eigenvalue weighted by molar-refractivity contribution is 0.672. The molecular formula is C12H10ClF. The minimum atomic E-state index is -0.423. The van der Waals surface area contributed by atoms with Crippen molar-refractivity contribution in [2.24, 2.45) is 0 Å². The van der Waals surface area contributed by atoms with Crippen LogP contribution in [0.25, 0.3) is 5.57 Å². The molecule has 0 aliphatic carbocycles. The average Bonchev–Trinajstić information content (AvgIpc) is 2.21. The average molecular weight is 209 g/mol. The lowest BCUT2D eigenvalue weighted by Crippen LogP contribution is -1.84. The molecule has 0 aliphatic rings. The molecule has 72 valence electrons. The van der Waals surface area contributed by atoms with Crippen LogP contribution in [0.4, 0.5) is 4.39 Å². The van der Waals surface area contributed by atoms with Gasteiger partial charge in [-0.2, -0.15) is 0 Å². The fourth-order valence-corrected chi connectivity index (χ4v) is 1.36. The Bertz CT molecular complexity index is 391. The number of allylic oxidation sites excluding steroid dienone is 4. The SMILES string of the molecule is C=CC(F)=C(C=C)c1ccccc1Cl. The highest BCUT2D eigenvalue weighted by molar-refractivity contribution is 6.32. The van der Waals surface area contributed by atoms with E-state index in [0.717, 1.165) is 6.08 Å². The van der Waals surface area contributed by atoms with E-state index in [-0.39, 0.29) is 0 Å². The summed E-state index contributed by atoms with van der Waals surface area (Å²) in [6.45, 7) is 6.90. The lowest BCUT2D eigenvalue weighted by Gasteiger charge is -2.04. The van der Waals surface area contributed by atoms with Crippen LogP contribution >= 0.6 is 11.6 Å². The monoisotopic (exact) mass is 208 g/mol. The second kappa shape index (κ2) is 4.77. The standard InChI is InChI=1S/C12H10ClF/c1-3-9(12(14)4-2)10-7-5-6-8-11(10)13/h3-8H,1-2H2. The number of rotatable bonds is 3. The van der Waals surface area contributed by atoms with E-state index in [2.05, 4.69) is 13.2 Å². The topological polar surface area (TPSA) is 0 Å². The van der Waals surface area contributed by atoms with Crippen LogP contribution in [0.15, 0.2) is 55.4 Å². The van der Waals surface area contributed by atoms with Crippen molar-refractivity contribution in [1.82, 2.24) is 0 Å². The van der Waals surface area contributed by atoms with Gasteiger partial charge in [-0.1, -0.05) is 49.0 Å². The predicted molar refractivity (Wildman–Crippen MR) is 59.9 cm³/mol. The van der Waals surface area contributed by atoms with Gasteiger partial charge in [0.15, 0.2) is 0 Å². The van der Waals surface area contributed by atoms with Gasteiger partial charge in [0.2, 0.25) is 0 Å². The Labute approximate surface area is 88.0 Å². The summed E-state index contributed by atoms with van der Waals surface area (Å²) < 4.78 is 13.3. The van der Waals surface area contributed by atoms with Gasteiger partial charge >= 0.3 is 0 Å². The zero-order chi connectivity index (χ0) is 10.6. The summed E-state index contributed by atoms with van der Waals surface area (Å²) >= 11 is 5.92. The van der Waals surface area contributed by atoms with Gasteiger partial charge in [0.25, 0.3) is 0 Å². The van der Waals surface area contributed by atoms with E-state index in [0.29, 0.717) is 16.2 Å². The molecule has 0 unspecified atom stereocenters. The van der Waals surface area contributed by atoms with E-state index in [4.69, 9.17) is 11.6 Å². The van der Waals surface area contributed by atoms with E-state index in [1.807, 2.05) is 0 Å². The normalized spacial score (nSPS) is 11.9. The van der Waals surface area contributed by atoms with Crippen molar-refractivity contribution in [3.8, 4) is 0 Å². The van der Waals surface area contributed by atoms with Gasteiger partial charge in [-0.25, -0.2) is 4.39 Å². The van der Waals surface area contributed by atoms with Gasteiger partial charge in [-0.15, -0.1) is 0 Å². The molecule has 0 bridgehead atoms. The minimum Gasteiger partial charge on any atom is -0.206 e. The molecule has 1 aromatic carbocycles. The molecule has 0 amide bonds. The Morgan fingerprint density at radius 1 is 1.21 bits per heavy atom. The van der Waals surface area contributed by atoms with Crippen molar-refractivity contribution in [3.63, 3.8) is 0 Å². The second-order valence-electron chi connectivity index (χ2n) is 2.65. The van der Waals surface area contributed by atoms with Crippen molar-refractivity contribution in [2.45, 2.75) is 0 Å². The van der Waals surface area contributed by atoms with Crippen molar-refractivity contribution in [1.29, 1.82) is 0 Å². The van der Waals surface area contributed by atoms with Gasteiger partial charge in [0, 0.05) is 16.2 Å². The summed E-state index contributed by atoms with van der Waals surface area (Å²) in [7, 11) is 0. The predicted octanol–water partition coefficient (Wildman–Crippen LogP) is 4.39. The van der Waals surface area contributed by atoms with Gasteiger partial charge < -0.3 is 0 Å². The molecule has 14 heavy (non-hydrogen) atoms. The molecule has 0 atom stereocenters. The van der Waals surface area contributed by atoms with E-state index < -0.39 is 5.83 Å². The Balaban J connectivity index is 3.34. The fourth-order valence-electron chi connectivity index (χ4n) is 1.13. The molecule has 0 aliphatic heterocycles. The molecule has 0 saturated carbocycles. The van der Waals surface area contributed by atoms with E-state index in [1.54, 1.807) is 24.3 Å². The third kappa shape index (κ3) is 2.12. The molecule has 1 aromatic rings. The number of benzene rings is 1. The van der Waals surface area contributed by atoms with Crippen LogP contribution in [0.3, 0.4) is 0 Å². The third-order valence-corrected chi connectivity index (χ3v) is 2.13. The van der Waals surface area contributed by atoms with Crippen molar-refractivity contribution >= 4 is 17.2 Å². The zero-order valence-corrected chi connectivity index (χ0v) is 8.39. The van der Waals surface area contributed by atoms with Crippen LogP contribution in [-0.4, -0.2) is 0 Å². The molecule has 0 fully saturated rings. The summed E-state index contributed by atoms with van der Waals surface area (Å²) in [5.41, 5.74) is 0.993. The first-order valence-electron chi connectivity index (χ1n) is 4.10. The lowest BCUT2D eigenvalue weighted by atomic mass is 10.1. The number of halogens is 2. The maximum absolute atomic E-state index is 13.3. The molecule has 0 spiro atoms. The molecule has 0 radical (unpaired) electrons. The number of hydrogen-bond acceptors (Lipinski definition) is 0. The molecule has 0 saturated heterocycles. The van der Waals surface area contributed by atoms with Crippen LogP contribution in [0.1, 0.15) is 5.56 Å². The van der Waals surface area contributed by atoms with Crippen molar-refractivity contribution in [2.75, 3.05) is 0 Å². The van der Waals surface area contributed by atoms with Gasteiger partial charge in [-0.05, 0) is 12.1 Å². The largest absolute Gasteiger partial charge is 0.206 e. The molecule has 0 heterocycles. The van der Waals surface area contributed by atoms with Crippen LogP contribution in [0.2, 0.25) is 5.02 Å². The highest BCUT2D eigenvalue weighted by Crippen LogP contribution is 2.27. The van der Waals surface area contributed by atoms with Crippen LogP contribution in [-0.2, 0) is 0 Å². The first-order chi connectivity index (χ1) is 6.70. The van der Waals surface area contributed by atoms with E-state index >= 15 is 0 Å². The summed E-state index contributed by atoms with van der Waals surface area (Å²) in [6, 6.07) is 7.03. The molecule has 2 heteroatoms. The summed E-state index contributed by atoms with van der Waals surface area (Å²) in [5, 5.41) is 0.499. The third-order valence-electron chi connectivity index (χ3n) is 1.80. The maximum Gasteiger partial charge on any atom is 0.130 e. The quantitative estimate of drug-likeness (QED) is 0.647. The zero-order valence-electron chi connectivity index (χ0n) is 7.63. The van der Waals surface area contributed by atoms with Crippen molar-refractivity contribution < 1.29 is 4.39 Å². The van der Waals surface area contributed by atoms with Gasteiger partial charge in [0.05, 0.1) is 0 Å². The van der Waals surface area contributed by atoms with Crippen LogP contribution in [0.5, 0.6) is 0 Å². The summed E-state index contributed by atoms with van der Waals surface area (Å²) in [5.74, 6) is -0.423. The molecule has 1 rings (SSSR count). The Morgan fingerprint density at radius 3 is 2.36 bits per heavy atom. The fraction of sp³-hybridized carbons (Fsp3) is 0. The van der Waals surface area contributed by atoms with E-state index in [9.17, 15) is 4.39 Å². The van der Waals surface area contributed by atoms with Gasteiger partial charge in [-0.3, -0.25) is 0 Å². The maximum atomic E-state index is 13.3. The molecule has 0 aromatic heterocycles. The van der Waals surface area contributed by atoms with E-state index in [1.165, 1.54) is 6.08 Å². The Morgan fingerprint density at radius 2 is 1.86 bits per heavy atom. The Hall–Kier alpha value is -1.34. The molecule has 0 N–H and O–H groups in total. The van der Waals surface area contributed by atoms with Crippen LogP contribution < -0.4 is 0 Å². The second-order valence-corrected chi connectivity index (χ2v) is 3.06. The smallest absolute Gasteiger partial charge is 0.130 e.